The first-order valence-electron chi connectivity index (χ1n) is 5.30. The van der Waals surface area contributed by atoms with Crippen LogP contribution in [0.5, 0.6) is 11.5 Å². The maximum absolute atomic E-state index is 5.48. The zero-order chi connectivity index (χ0) is 11.7. The van der Waals surface area contributed by atoms with E-state index < -0.39 is 0 Å². The molecule has 0 spiro atoms. The van der Waals surface area contributed by atoms with Crippen LogP contribution >= 0.6 is 0 Å². The fraction of sp³-hybridized carbons (Fsp3) is 0.286. The highest BCUT2D eigenvalue weighted by atomic mass is 16.5. The highest BCUT2D eigenvalue weighted by Gasteiger charge is 2.14. The molecule has 2 aromatic rings. The molecule has 0 heterocycles. The van der Waals surface area contributed by atoms with Gasteiger partial charge in [-0.15, -0.1) is 0 Å². The van der Waals surface area contributed by atoms with Crippen molar-refractivity contribution in [1.82, 2.24) is 0 Å². The molecule has 2 nitrogen and oxygen atoms in total. The second-order valence-corrected chi connectivity index (χ2v) is 3.86. The predicted molar refractivity (Wildman–Crippen MR) is 66.5 cm³/mol. The summed E-state index contributed by atoms with van der Waals surface area (Å²) in [6.07, 6.45) is 0. The Balaban J connectivity index is 2.95. The number of benzene rings is 2. The molecule has 2 rings (SSSR count). The number of hydrogen-bond donors (Lipinski definition) is 0. The fourth-order valence-corrected chi connectivity index (χ4v) is 2.15. The number of fused-ring (bicyclic) bond motifs is 1. The van der Waals surface area contributed by atoms with Gasteiger partial charge in [-0.2, -0.15) is 0 Å². The third-order valence-corrected chi connectivity index (χ3v) is 3.07. The number of ether oxygens (including phenoxy) is 2. The summed E-state index contributed by atoms with van der Waals surface area (Å²) >= 11 is 0. The highest BCUT2D eigenvalue weighted by Crippen LogP contribution is 2.39. The normalized spacial score (nSPS) is 10.5. The molecular formula is C14H16O2. The van der Waals surface area contributed by atoms with E-state index in [9.17, 15) is 0 Å². The molecule has 2 aromatic carbocycles. The van der Waals surface area contributed by atoms with Gasteiger partial charge in [0, 0.05) is 10.8 Å². The van der Waals surface area contributed by atoms with Gasteiger partial charge in [0.1, 0.15) is 11.5 Å². The van der Waals surface area contributed by atoms with Crippen molar-refractivity contribution in [2.24, 2.45) is 0 Å². The Hall–Kier alpha value is -1.70. The Kier molecular flexibility index (Phi) is 2.73. The molecule has 0 saturated carbocycles. The van der Waals surface area contributed by atoms with Gasteiger partial charge in [0.25, 0.3) is 0 Å². The van der Waals surface area contributed by atoms with Gasteiger partial charge in [0.2, 0.25) is 0 Å². The first-order chi connectivity index (χ1) is 7.70. The molecule has 0 aromatic heterocycles. The SMILES string of the molecule is COc1c(C)c(C)c(OC)c2ccccc12. The Morgan fingerprint density at radius 2 is 1.12 bits per heavy atom. The summed E-state index contributed by atoms with van der Waals surface area (Å²) in [4.78, 5) is 0. The van der Waals surface area contributed by atoms with Gasteiger partial charge >= 0.3 is 0 Å². The largest absolute Gasteiger partial charge is 0.496 e. The van der Waals surface area contributed by atoms with E-state index >= 15 is 0 Å². The molecule has 0 radical (unpaired) electrons. The van der Waals surface area contributed by atoms with Crippen LogP contribution in [0.2, 0.25) is 0 Å². The van der Waals surface area contributed by atoms with Crippen molar-refractivity contribution in [2.45, 2.75) is 13.8 Å². The molecule has 0 bridgehead atoms. The molecule has 0 fully saturated rings. The lowest BCUT2D eigenvalue weighted by molar-refractivity contribution is 0.405. The number of methoxy groups -OCH3 is 2. The lowest BCUT2D eigenvalue weighted by Gasteiger charge is -2.16. The zero-order valence-corrected chi connectivity index (χ0v) is 10.1. The summed E-state index contributed by atoms with van der Waals surface area (Å²) in [6.45, 7) is 4.12. The predicted octanol–water partition coefficient (Wildman–Crippen LogP) is 3.47. The molecule has 16 heavy (non-hydrogen) atoms. The summed E-state index contributed by atoms with van der Waals surface area (Å²) in [5.74, 6) is 1.88. The Labute approximate surface area is 95.8 Å². The minimum Gasteiger partial charge on any atom is -0.496 e. The second kappa shape index (κ2) is 4.05. The van der Waals surface area contributed by atoms with Gasteiger partial charge in [-0.3, -0.25) is 0 Å². The van der Waals surface area contributed by atoms with Gasteiger partial charge in [0.15, 0.2) is 0 Å². The Morgan fingerprint density at radius 3 is 1.44 bits per heavy atom. The van der Waals surface area contributed by atoms with Crippen LogP contribution in [-0.4, -0.2) is 14.2 Å². The average Bonchev–Trinajstić information content (AvgIpc) is 2.31. The van der Waals surface area contributed by atoms with E-state index in [2.05, 4.69) is 26.0 Å². The summed E-state index contributed by atoms with van der Waals surface area (Å²) in [5.41, 5.74) is 2.27. The second-order valence-electron chi connectivity index (χ2n) is 3.86. The van der Waals surface area contributed by atoms with E-state index in [1.165, 1.54) is 0 Å². The lowest BCUT2D eigenvalue weighted by atomic mass is 9.99. The van der Waals surface area contributed by atoms with Gasteiger partial charge in [-0.05, 0) is 25.0 Å². The van der Waals surface area contributed by atoms with Crippen molar-refractivity contribution in [3.63, 3.8) is 0 Å². The quantitative estimate of drug-likeness (QED) is 0.765. The van der Waals surface area contributed by atoms with E-state index in [-0.39, 0.29) is 0 Å². The molecule has 0 saturated heterocycles. The topological polar surface area (TPSA) is 18.5 Å². The molecule has 0 atom stereocenters. The fourth-order valence-electron chi connectivity index (χ4n) is 2.15. The molecule has 0 aliphatic rings. The van der Waals surface area contributed by atoms with E-state index in [0.29, 0.717) is 0 Å². The third-order valence-electron chi connectivity index (χ3n) is 3.07. The number of rotatable bonds is 2. The van der Waals surface area contributed by atoms with Crippen molar-refractivity contribution in [1.29, 1.82) is 0 Å². The van der Waals surface area contributed by atoms with Crippen LogP contribution in [0, 0.1) is 13.8 Å². The summed E-state index contributed by atoms with van der Waals surface area (Å²) < 4.78 is 11.0. The van der Waals surface area contributed by atoms with Gasteiger partial charge in [-0.1, -0.05) is 24.3 Å². The third kappa shape index (κ3) is 1.42. The van der Waals surface area contributed by atoms with E-state index in [4.69, 9.17) is 9.47 Å². The minimum absolute atomic E-state index is 0.939. The summed E-state index contributed by atoms with van der Waals surface area (Å²) in [5, 5.41) is 2.20. The maximum atomic E-state index is 5.48. The first-order valence-corrected chi connectivity index (χ1v) is 5.30. The molecule has 0 aliphatic carbocycles. The lowest BCUT2D eigenvalue weighted by Crippen LogP contribution is -1.96. The van der Waals surface area contributed by atoms with Gasteiger partial charge < -0.3 is 9.47 Å². The van der Waals surface area contributed by atoms with E-state index in [0.717, 1.165) is 33.4 Å². The van der Waals surface area contributed by atoms with Crippen LogP contribution < -0.4 is 9.47 Å². The van der Waals surface area contributed by atoms with Crippen molar-refractivity contribution < 1.29 is 9.47 Å². The monoisotopic (exact) mass is 216 g/mol. The van der Waals surface area contributed by atoms with Crippen LogP contribution in [0.15, 0.2) is 24.3 Å². The van der Waals surface area contributed by atoms with Crippen LogP contribution in [0.3, 0.4) is 0 Å². The minimum atomic E-state index is 0.939. The standard InChI is InChI=1S/C14H16O2/c1-9-10(2)14(16-4)12-8-6-5-7-11(12)13(9)15-3/h5-8H,1-4H3. The smallest absolute Gasteiger partial charge is 0.130 e. The molecule has 0 amide bonds. The summed E-state index contributed by atoms with van der Waals surface area (Å²) in [6, 6.07) is 8.14. The molecule has 0 unspecified atom stereocenters. The molecule has 84 valence electrons. The maximum Gasteiger partial charge on any atom is 0.130 e. The average molecular weight is 216 g/mol. The molecule has 2 heteroatoms. The molecule has 0 aliphatic heterocycles. The van der Waals surface area contributed by atoms with E-state index in [1.54, 1.807) is 14.2 Å². The van der Waals surface area contributed by atoms with Crippen LogP contribution in [-0.2, 0) is 0 Å². The van der Waals surface area contributed by atoms with Crippen molar-refractivity contribution in [2.75, 3.05) is 14.2 Å². The van der Waals surface area contributed by atoms with Gasteiger partial charge in [-0.25, -0.2) is 0 Å². The summed E-state index contributed by atoms with van der Waals surface area (Å²) in [7, 11) is 3.42. The van der Waals surface area contributed by atoms with Crippen LogP contribution in [0.25, 0.3) is 10.8 Å². The Morgan fingerprint density at radius 1 is 0.750 bits per heavy atom. The van der Waals surface area contributed by atoms with Crippen molar-refractivity contribution in [3.8, 4) is 11.5 Å². The van der Waals surface area contributed by atoms with Crippen molar-refractivity contribution in [3.05, 3.63) is 35.4 Å². The van der Waals surface area contributed by atoms with Gasteiger partial charge in [0.05, 0.1) is 14.2 Å². The zero-order valence-electron chi connectivity index (χ0n) is 10.1. The first kappa shape index (κ1) is 10.8. The molecule has 0 N–H and O–H groups in total. The molecular weight excluding hydrogens is 200 g/mol. The van der Waals surface area contributed by atoms with Crippen molar-refractivity contribution >= 4 is 10.8 Å². The highest BCUT2D eigenvalue weighted by molar-refractivity contribution is 5.95. The number of hydrogen-bond acceptors (Lipinski definition) is 2. The van der Waals surface area contributed by atoms with E-state index in [1.807, 2.05) is 12.1 Å². The Bertz CT molecular complexity index is 481. The van der Waals surface area contributed by atoms with Crippen LogP contribution in [0.1, 0.15) is 11.1 Å². The van der Waals surface area contributed by atoms with Crippen LogP contribution in [0.4, 0.5) is 0 Å².